The summed E-state index contributed by atoms with van der Waals surface area (Å²) in [5.74, 6) is 0.741. The molecule has 0 amide bonds. The number of halogens is 1. The fourth-order valence-electron chi connectivity index (χ4n) is 1.55. The van der Waals surface area contributed by atoms with Crippen LogP contribution >= 0.6 is 22.9 Å². The first-order valence-electron chi connectivity index (χ1n) is 5.42. The summed E-state index contributed by atoms with van der Waals surface area (Å²) < 4.78 is 0. The maximum absolute atomic E-state index is 9.21. The number of aliphatic hydroxyl groups excluding tert-OH is 1. The second kappa shape index (κ2) is 5.16. The van der Waals surface area contributed by atoms with Crippen molar-refractivity contribution < 1.29 is 5.11 Å². The van der Waals surface area contributed by atoms with Crippen molar-refractivity contribution in [2.24, 2.45) is 0 Å². The molecule has 0 aliphatic heterocycles. The Morgan fingerprint density at radius 3 is 3.00 bits per heavy atom. The molecule has 1 atom stereocenters. The number of thiophene rings is 1. The van der Waals surface area contributed by atoms with E-state index >= 15 is 0 Å². The minimum absolute atomic E-state index is 0.249. The van der Waals surface area contributed by atoms with Gasteiger partial charge in [0.2, 0.25) is 5.28 Å². The normalized spacial score (nSPS) is 12.9. The smallest absolute Gasteiger partial charge is 0.225 e. The van der Waals surface area contributed by atoms with Gasteiger partial charge in [-0.05, 0) is 37.9 Å². The first-order chi connectivity index (χ1) is 8.06. The average Bonchev–Trinajstić information content (AvgIpc) is 2.57. The Labute approximate surface area is 109 Å². The summed E-state index contributed by atoms with van der Waals surface area (Å²) in [6, 6.07) is 2.04. The summed E-state index contributed by atoms with van der Waals surface area (Å²) in [6.07, 6.45) is 0.353. The van der Waals surface area contributed by atoms with Gasteiger partial charge in [-0.2, -0.15) is 0 Å². The van der Waals surface area contributed by atoms with Crippen LogP contribution in [0.2, 0.25) is 5.28 Å². The molecule has 92 valence electrons. The van der Waals surface area contributed by atoms with Crippen LogP contribution < -0.4 is 5.32 Å². The Balaban J connectivity index is 2.25. The van der Waals surface area contributed by atoms with Crippen molar-refractivity contribution in [1.29, 1.82) is 0 Å². The number of rotatable bonds is 4. The van der Waals surface area contributed by atoms with E-state index in [1.807, 2.05) is 13.0 Å². The molecule has 2 heterocycles. The molecule has 0 bridgehead atoms. The lowest BCUT2D eigenvalue weighted by Crippen LogP contribution is -2.10. The minimum atomic E-state index is -0.320. The van der Waals surface area contributed by atoms with E-state index in [1.165, 1.54) is 4.88 Å². The number of hydrogen-bond acceptors (Lipinski definition) is 5. The third-order valence-corrected chi connectivity index (χ3v) is 3.46. The zero-order valence-corrected chi connectivity index (χ0v) is 11.3. The van der Waals surface area contributed by atoms with Gasteiger partial charge >= 0.3 is 0 Å². The van der Waals surface area contributed by atoms with Gasteiger partial charge in [-0.3, -0.25) is 0 Å². The second-order valence-corrected chi connectivity index (χ2v) is 5.55. The third kappa shape index (κ3) is 3.06. The van der Waals surface area contributed by atoms with Gasteiger partial charge in [-0.15, -0.1) is 11.3 Å². The minimum Gasteiger partial charge on any atom is -0.393 e. The van der Waals surface area contributed by atoms with Crippen LogP contribution in [0.15, 0.2) is 6.07 Å². The fraction of sp³-hybridized carbons (Fsp3) is 0.455. The summed E-state index contributed by atoms with van der Waals surface area (Å²) in [5, 5.41) is 13.6. The Kier molecular flexibility index (Phi) is 3.81. The van der Waals surface area contributed by atoms with Crippen LogP contribution in [-0.2, 0) is 0 Å². The van der Waals surface area contributed by atoms with Crippen molar-refractivity contribution in [1.82, 2.24) is 9.97 Å². The van der Waals surface area contributed by atoms with Crippen LogP contribution in [0.3, 0.4) is 0 Å². The van der Waals surface area contributed by atoms with Crippen LogP contribution in [0, 0.1) is 6.92 Å². The van der Waals surface area contributed by atoms with Gasteiger partial charge in [0.05, 0.1) is 11.5 Å². The lowest BCUT2D eigenvalue weighted by Gasteiger charge is -2.08. The average molecular weight is 272 g/mol. The Bertz CT molecular complexity index is 527. The monoisotopic (exact) mass is 271 g/mol. The molecule has 6 heteroatoms. The number of fused-ring (bicyclic) bond motifs is 1. The van der Waals surface area contributed by atoms with Crippen LogP contribution in [0.1, 0.15) is 18.2 Å². The van der Waals surface area contributed by atoms with Gasteiger partial charge in [0.1, 0.15) is 10.6 Å². The molecule has 0 aliphatic rings. The predicted molar refractivity (Wildman–Crippen MR) is 71.9 cm³/mol. The number of aryl methyl sites for hydroxylation is 1. The molecule has 0 saturated carbocycles. The molecule has 0 aliphatic carbocycles. The largest absolute Gasteiger partial charge is 0.393 e. The topological polar surface area (TPSA) is 58.0 Å². The van der Waals surface area contributed by atoms with Crippen molar-refractivity contribution in [2.75, 3.05) is 11.9 Å². The number of nitrogens with one attached hydrogen (secondary N) is 1. The Morgan fingerprint density at radius 2 is 2.29 bits per heavy atom. The van der Waals surface area contributed by atoms with Gasteiger partial charge < -0.3 is 10.4 Å². The van der Waals surface area contributed by atoms with Crippen molar-refractivity contribution >= 4 is 39.0 Å². The molecule has 0 saturated heterocycles. The van der Waals surface area contributed by atoms with Crippen molar-refractivity contribution in [3.63, 3.8) is 0 Å². The summed E-state index contributed by atoms with van der Waals surface area (Å²) >= 11 is 7.46. The number of hydrogen-bond donors (Lipinski definition) is 2. The van der Waals surface area contributed by atoms with E-state index in [0.29, 0.717) is 13.0 Å². The second-order valence-electron chi connectivity index (χ2n) is 3.98. The first-order valence-corrected chi connectivity index (χ1v) is 6.61. The Morgan fingerprint density at radius 1 is 1.53 bits per heavy atom. The molecule has 17 heavy (non-hydrogen) atoms. The molecule has 0 spiro atoms. The lowest BCUT2D eigenvalue weighted by molar-refractivity contribution is 0.188. The summed E-state index contributed by atoms with van der Waals surface area (Å²) in [7, 11) is 0. The zero-order chi connectivity index (χ0) is 12.4. The first kappa shape index (κ1) is 12.5. The number of anilines is 1. The van der Waals surface area contributed by atoms with Crippen molar-refractivity contribution in [3.05, 3.63) is 16.2 Å². The quantitative estimate of drug-likeness (QED) is 0.840. The highest BCUT2D eigenvalue weighted by atomic mass is 35.5. The van der Waals surface area contributed by atoms with Gasteiger partial charge in [-0.25, -0.2) is 9.97 Å². The van der Waals surface area contributed by atoms with E-state index in [9.17, 15) is 5.11 Å². The predicted octanol–water partition coefficient (Wildman–Crippen LogP) is 2.84. The lowest BCUT2D eigenvalue weighted by atomic mass is 10.3. The molecule has 2 N–H and O–H groups in total. The van der Waals surface area contributed by atoms with Gasteiger partial charge in [0.25, 0.3) is 0 Å². The zero-order valence-electron chi connectivity index (χ0n) is 9.70. The van der Waals surface area contributed by atoms with Crippen LogP contribution in [0.25, 0.3) is 10.2 Å². The van der Waals surface area contributed by atoms with Crippen molar-refractivity contribution in [2.45, 2.75) is 26.4 Å². The standard InChI is InChI=1S/C11H14ClN3OS/c1-6(16)3-4-13-9-8-5-7(2)17-10(8)15-11(12)14-9/h5-6,16H,3-4H2,1-2H3,(H,13,14,15). The maximum atomic E-state index is 9.21. The molecule has 1 unspecified atom stereocenters. The molecule has 2 aromatic heterocycles. The molecule has 0 aromatic carbocycles. The molecule has 0 fully saturated rings. The summed E-state index contributed by atoms with van der Waals surface area (Å²) in [6.45, 7) is 4.45. The van der Waals surface area contributed by atoms with E-state index in [-0.39, 0.29) is 11.4 Å². The number of nitrogens with zero attached hydrogens (tertiary/aromatic N) is 2. The Hall–Kier alpha value is -0.910. The van der Waals surface area contributed by atoms with Crippen LogP contribution in [0.5, 0.6) is 0 Å². The van der Waals surface area contributed by atoms with E-state index in [1.54, 1.807) is 18.3 Å². The van der Waals surface area contributed by atoms with E-state index in [0.717, 1.165) is 16.0 Å². The molecule has 2 rings (SSSR count). The van der Waals surface area contributed by atoms with Crippen molar-refractivity contribution in [3.8, 4) is 0 Å². The van der Waals surface area contributed by atoms with Gasteiger partial charge in [0, 0.05) is 11.4 Å². The highest BCUT2D eigenvalue weighted by Gasteiger charge is 2.09. The molecular formula is C11H14ClN3OS. The van der Waals surface area contributed by atoms with Gasteiger partial charge in [-0.1, -0.05) is 0 Å². The summed E-state index contributed by atoms with van der Waals surface area (Å²) in [5.41, 5.74) is 0. The van der Waals surface area contributed by atoms with E-state index in [4.69, 9.17) is 11.6 Å². The highest BCUT2D eigenvalue weighted by Crippen LogP contribution is 2.29. The number of aromatic nitrogens is 2. The van der Waals surface area contributed by atoms with Crippen LogP contribution in [0.4, 0.5) is 5.82 Å². The molecule has 0 radical (unpaired) electrons. The highest BCUT2D eigenvalue weighted by molar-refractivity contribution is 7.18. The molecule has 4 nitrogen and oxygen atoms in total. The van der Waals surface area contributed by atoms with E-state index < -0.39 is 0 Å². The molecular weight excluding hydrogens is 258 g/mol. The summed E-state index contributed by atoms with van der Waals surface area (Å²) in [4.78, 5) is 10.4. The fourth-order valence-corrected chi connectivity index (χ4v) is 2.65. The number of aliphatic hydroxyl groups is 1. The third-order valence-electron chi connectivity index (χ3n) is 2.34. The van der Waals surface area contributed by atoms with Gasteiger partial charge in [0.15, 0.2) is 0 Å². The van der Waals surface area contributed by atoms with E-state index in [2.05, 4.69) is 15.3 Å². The SMILES string of the molecule is Cc1cc2c(NCCC(C)O)nc(Cl)nc2s1. The maximum Gasteiger partial charge on any atom is 0.225 e. The van der Waals surface area contributed by atoms with Crippen LogP contribution in [-0.4, -0.2) is 27.7 Å². The molecule has 2 aromatic rings.